The summed E-state index contributed by atoms with van der Waals surface area (Å²) in [4.78, 5) is 13.2. The van der Waals surface area contributed by atoms with Crippen LogP contribution in [0.15, 0.2) is 0 Å². The molecule has 1 fully saturated rings. The van der Waals surface area contributed by atoms with Crippen molar-refractivity contribution in [3.63, 3.8) is 0 Å². The number of ether oxygens (including phenoxy) is 1. The minimum absolute atomic E-state index is 0.0738. The molecule has 1 amide bonds. The largest absolute Gasteiger partial charge is 0.366 e. The number of carbonyl (C=O) groups excluding carboxylic acids is 1. The highest BCUT2D eigenvalue weighted by Crippen LogP contribution is 2.00. The SMILES string of the molecule is CCN(C)C(=O)[C@H]1CNCCO1. The van der Waals surface area contributed by atoms with E-state index >= 15 is 0 Å². The lowest BCUT2D eigenvalue weighted by Crippen LogP contribution is -2.48. The normalized spacial score (nSPS) is 23.7. The van der Waals surface area contributed by atoms with Crippen molar-refractivity contribution in [3.8, 4) is 0 Å². The second kappa shape index (κ2) is 4.42. The molecule has 12 heavy (non-hydrogen) atoms. The van der Waals surface area contributed by atoms with E-state index in [9.17, 15) is 4.79 Å². The molecule has 0 bridgehead atoms. The highest BCUT2D eigenvalue weighted by atomic mass is 16.5. The summed E-state index contributed by atoms with van der Waals surface area (Å²) >= 11 is 0. The van der Waals surface area contributed by atoms with E-state index in [2.05, 4.69) is 5.32 Å². The number of amides is 1. The van der Waals surface area contributed by atoms with Gasteiger partial charge < -0.3 is 15.0 Å². The third kappa shape index (κ3) is 2.19. The molecule has 70 valence electrons. The number of nitrogens with zero attached hydrogens (tertiary/aromatic N) is 1. The summed E-state index contributed by atoms with van der Waals surface area (Å²) in [6.45, 7) is 4.81. The van der Waals surface area contributed by atoms with E-state index in [-0.39, 0.29) is 12.0 Å². The number of nitrogens with one attached hydrogen (secondary N) is 1. The molecule has 1 aliphatic heterocycles. The molecule has 0 radical (unpaired) electrons. The van der Waals surface area contributed by atoms with Crippen molar-refractivity contribution in [2.24, 2.45) is 0 Å². The van der Waals surface area contributed by atoms with Gasteiger partial charge in [0.1, 0.15) is 6.10 Å². The van der Waals surface area contributed by atoms with Gasteiger partial charge in [0, 0.05) is 26.7 Å². The fraction of sp³-hybridized carbons (Fsp3) is 0.875. The van der Waals surface area contributed by atoms with Crippen LogP contribution in [0.5, 0.6) is 0 Å². The zero-order chi connectivity index (χ0) is 8.97. The molecule has 1 saturated heterocycles. The fourth-order valence-electron chi connectivity index (χ4n) is 1.13. The van der Waals surface area contributed by atoms with Gasteiger partial charge in [-0.1, -0.05) is 0 Å². The van der Waals surface area contributed by atoms with Gasteiger partial charge in [-0.05, 0) is 6.92 Å². The summed E-state index contributed by atoms with van der Waals surface area (Å²) in [7, 11) is 1.79. The third-order valence-corrected chi connectivity index (χ3v) is 2.05. The van der Waals surface area contributed by atoms with E-state index in [0.29, 0.717) is 13.2 Å². The van der Waals surface area contributed by atoms with Gasteiger partial charge in [0.15, 0.2) is 0 Å². The Labute approximate surface area is 72.9 Å². The minimum Gasteiger partial charge on any atom is -0.366 e. The molecule has 0 aromatic carbocycles. The van der Waals surface area contributed by atoms with Crippen LogP contribution < -0.4 is 5.32 Å². The Morgan fingerprint density at radius 2 is 2.50 bits per heavy atom. The van der Waals surface area contributed by atoms with Crippen LogP contribution >= 0.6 is 0 Å². The maximum atomic E-state index is 11.5. The summed E-state index contributed by atoms with van der Waals surface area (Å²) in [5, 5.41) is 3.12. The Balaban J connectivity index is 2.39. The second-order valence-electron chi connectivity index (χ2n) is 2.92. The maximum Gasteiger partial charge on any atom is 0.252 e. The van der Waals surface area contributed by atoms with Crippen molar-refractivity contribution in [2.45, 2.75) is 13.0 Å². The molecule has 0 aromatic rings. The lowest BCUT2D eigenvalue weighted by atomic mass is 10.2. The predicted octanol–water partition coefficient (Wildman–Crippen LogP) is -0.547. The number of likely N-dealkylation sites (N-methyl/N-ethyl adjacent to an activating group) is 1. The quantitative estimate of drug-likeness (QED) is 0.608. The van der Waals surface area contributed by atoms with Crippen LogP contribution in [0.25, 0.3) is 0 Å². The summed E-state index contributed by atoms with van der Waals surface area (Å²) in [6, 6.07) is 0. The van der Waals surface area contributed by atoms with Crippen molar-refractivity contribution in [1.29, 1.82) is 0 Å². The summed E-state index contributed by atoms with van der Waals surface area (Å²) in [5.41, 5.74) is 0. The molecule has 0 saturated carbocycles. The van der Waals surface area contributed by atoms with E-state index in [1.165, 1.54) is 0 Å². The van der Waals surface area contributed by atoms with Gasteiger partial charge in [0.05, 0.1) is 6.61 Å². The molecule has 1 N–H and O–H groups in total. The lowest BCUT2D eigenvalue weighted by Gasteiger charge is -2.26. The third-order valence-electron chi connectivity index (χ3n) is 2.05. The Bertz CT molecular complexity index is 155. The van der Waals surface area contributed by atoms with Crippen molar-refractivity contribution < 1.29 is 9.53 Å². The molecule has 1 heterocycles. The van der Waals surface area contributed by atoms with Crippen LogP contribution in [0.3, 0.4) is 0 Å². The molecular formula is C8H16N2O2. The zero-order valence-corrected chi connectivity index (χ0v) is 7.67. The average Bonchev–Trinajstić information content (AvgIpc) is 2.17. The highest BCUT2D eigenvalue weighted by Gasteiger charge is 2.23. The standard InChI is InChI=1S/C8H16N2O2/c1-3-10(2)8(11)7-6-9-4-5-12-7/h7,9H,3-6H2,1-2H3/t7-/m1/s1. The van der Waals surface area contributed by atoms with Gasteiger partial charge in [-0.25, -0.2) is 0 Å². The van der Waals surface area contributed by atoms with Crippen LogP contribution in [0.1, 0.15) is 6.92 Å². The first-order chi connectivity index (χ1) is 5.75. The van der Waals surface area contributed by atoms with Crippen LogP contribution in [0.4, 0.5) is 0 Å². The molecule has 1 aliphatic rings. The van der Waals surface area contributed by atoms with Crippen LogP contribution in [-0.4, -0.2) is 50.2 Å². The molecule has 1 atom stereocenters. The molecule has 4 heteroatoms. The zero-order valence-electron chi connectivity index (χ0n) is 7.67. The van der Waals surface area contributed by atoms with Crippen LogP contribution in [0, 0.1) is 0 Å². The monoisotopic (exact) mass is 172 g/mol. The Hall–Kier alpha value is -0.610. The lowest BCUT2D eigenvalue weighted by molar-refractivity contribution is -0.143. The molecule has 4 nitrogen and oxygen atoms in total. The van der Waals surface area contributed by atoms with Crippen molar-refractivity contribution in [2.75, 3.05) is 33.3 Å². The molecular weight excluding hydrogens is 156 g/mol. The maximum absolute atomic E-state index is 11.5. The van der Waals surface area contributed by atoms with E-state index < -0.39 is 0 Å². The van der Waals surface area contributed by atoms with Gasteiger partial charge in [0.2, 0.25) is 0 Å². The van der Waals surface area contributed by atoms with E-state index in [0.717, 1.165) is 13.1 Å². The number of rotatable bonds is 2. The molecule has 0 spiro atoms. The second-order valence-corrected chi connectivity index (χ2v) is 2.92. The van der Waals surface area contributed by atoms with E-state index in [1.807, 2.05) is 6.92 Å². The number of morpholine rings is 1. The van der Waals surface area contributed by atoms with Crippen molar-refractivity contribution in [1.82, 2.24) is 10.2 Å². The van der Waals surface area contributed by atoms with Gasteiger partial charge in [0.25, 0.3) is 5.91 Å². The first-order valence-corrected chi connectivity index (χ1v) is 4.33. The van der Waals surface area contributed by atoms with Gasteiger partial charge >= 0.3 is 0 Å². The van der Waals surface area contributed by atoms with Gasteiger partial charge in [-0.3, -0.25) is 4.79 Å². The predicted molar refractivity (Wildman–Crippen MR) is 45.9 cm³/mol. The number of hydrogen-bond acceptors (Lipinski definition) is 3. The van der Waals surface area contributed by atoms with Crippen LogP contribution in [0.2, 0.25) is 0 Å². The van der Waals surface area contributed by atoms with Crippen molar-refractivity contribution >= 4 is 5.91 Å². The molecule has 1 rings (SSSR count). The smallest absolute Gasteiger partial charge is 0.252 e. The molecule has 0 aliphatic carbocycles. The first kappa shape index (κ1) is 9.48. The average molecular weight is 172 g/mol. The van der Waals surface area contributed by atoms with Crippen molar-refractivity contribution in [3.05, 3.63) is 0 Å². The Kier molecular flexibility index (Phi) is 3.49. The Morgan fingerprint density at radius 3 is 3.00 bits per heavy atom. The van der Waals surface area contributed by atoms with E-state index in [1.54, 1.807) is 11.9 Å². The molecule has 0 unspecified atom stereocenters. The minimum atomic E-state index is -0.274. The van der Waals surface area contributed by atoms with Gasteiger partial charge in [-0.15, -0.1) is 0 Å². The summed E-state index contributed by atoms with van der Waals surface area (Å²) in [6.07, 6.45) is -0.274. The first-order valence-electron chi connectivity index (χ1n) is 4.33. The van der Waals surface area contributed by atoms with E-state index in [4.69, 9.17) is 4.74 Å². The van der Waals surface area contributed by atoms with Gasteiger partial charge in [-0.2, -0.15) is 0 Å². The summed E-state index contributed by atoms with van der Waals surface area (Å²) in [5.74, 6) is 0.0738. The molecule has 0 aromatic heterocycles. The van der Waals surface area contributed by atoms with Crippen LogP contribution in [-0.2, 0) is 9.53 Å². The number of carbonyl (C=O) groups is 1. The number of hydrogen-bond donors (Lipinski definition) is 1. The highest BCUT2D eigenvalue weighted by molar-refractivity contribution is 5.81. The fourth-order valence-corrected chi connectivity index (χ4v) is 1.13. The topological polar surface area (TPSA) is 41.6 Å². The Morgan fingerprint density at radius 1 is 1.75 bits per heavy atom. The summed E-state index contributed by atoms with van der Waals surface area (Å²) < 4.78 is 5.31.